The number of aliphatic hydroxyl groups is 3. The number of hydrogen-bond acceptors (Lipinski definition) is 13. The van der Waals surface area contributed by atoms with E-state index in [9.17, 15) is 53.4 Å². The second-order valence-corrected chi connectivity index (χ2v) is 8.44. The second-order valence-electron chi connectivity index (χ2n) is 8.44. The molecule has 0 fully saturated rings. The van der Waals surface area contributed by atoms with Gasteiger partial charge in [-0.2, -0.15) is 0 Å². The fraction of sp³-hybridized carbons (Fsp3) is 0.571. The van der Waals surface area contributed by atoms with Crippen LogP contribution in [-0.4, -0.2) is 140 Å². The zero-order valence-corrected chi connectivity index (χ0v) is 21.7. The highest BCUT2D eigenvalue weighted by Crippen LogP contribution is 2.00. The first-order valence-electron chi connectivity index (χ1n) is 11.8. The molecule has 0 aromatic heterocycles. The number of carbonyl (C=O) groups excluding carboxylic acids is 6. The summed E-state index contributed by atoms with van der Waals surface area (Å²) in [5.74, 6) is -11.2. The van der Waals surface area contributed by atoms with Crippen LogP contribution in [0.4, 0.5) is 0 Å². The molecule has 5 amide bonds. The van der Waals surface area contributed by atoms with Gasteiger partial charge in [0, 0.05) is 0 Å². The van der Waals surface area contributed by atoms with E-state index in [1.165, 1.54) is 0 Å². The van der Waals surface area contributed by atoms with Gasteiger partial charge in [-0.15, -0.1) is 0 Å². The van der Waals surface area contributed by atoms with Crippen molar-refractivity contribution in [3.8, 4) is 0 Å². The summed E-state index contributed by atoms with van der Waals surface area (Å²) in [6, 6.07) is -10.7. The van der Waals surface area contributed by atoms with E-state index in [1.54, 1.807) is 0 Å². The zero-order chi connectivity index (χ0) is 32.6. The molecule has 0 aromatic carbocycles. The molecule has 21 heteroatoms. The number of carboxylic acid groups (broad SMARTS) is 3. The summed E-state index contributed by atoms with van der Waals surface area (Å²) < 4.78 is 0. The lowest BCUT2D eigenvalue weighted by Gasteiger charge is -2.25. The smallest absolute Gasteiger partial charge is 0.305 e. The molecule has 0 bridgehead atoms. The van der Waals surface area contributed by atoms with Gasteiger partial charge in [0.2, 0.25) is 29.5 Å². The summed E-state index contributed by atoms with van der Waals surface area (Å²) in [6.07, 6.45) is -2.91. The van der Waals surface area contributed by atoms with Crippen molar-refractivity contribution in [2.24, 2.45) is 5.73 Å². The molecule has 0 aliphatic rings. The Labute approximate surface area is 235 Å². The summed E-state index contributed by atoms with van der Waals surface area (Å²) in [4.78, 5) is 106. The maximum atomic E-state index is 12.7. The van der Waals surface area contributed by atoms with Gasteiger partial charge in [-0.1, -0.05) is 0 Å². The number of carboxylic acids is 3. The van der Waals surface area contributed by atoms with Gasteiger partial charge >= 0.3 is 17.9 Å². The SMILES string of the molecule is N[C@@H](CO)C(=O)N[C@@H](CC(=O)O)C(=O)N[C@@H](CO)C(=O)N[C@@H](CC(=O)O)C(=O)N[C@@H](CO)C(=O)N[C@H](C=O)CC(=O)O. The highest BCUT2D eigenvalue weighted by atomic mass is 16.4. The van der Waals surface area contributed by atoms with Crippen LogP contribution in [0.5, 0.6) is 0 Å². The molecule has 0 unspecified atom stereocenters. The molecule has 13 N–H and O–H groups in total. The maximum absolute atomic E-state index is 12.7. The number of aldehydes is 1. The molecule has 236 valence electrons. The molecule has 0 radical (unpaired) electrons. The Kier molecular flexibility index (Phi) is 16.5. The topological polar surface area (TPSA) is 361 Å². The largest absolute Gasteiger partial charge is 0.481 e. The third-order valence-corrected chi connectivity index (χ3v) is 5.07. The van der Waals surface area contributed by atoms with E-state index in [-0.39, 0.29) is 6.29 Å². The summed E-state index contributed by atoms with van der Waals surface area (Å²) in [7, 11) is 0. The van der Waals surface area contributed by atoms with Crippen molar-refractivity contribution in [3.63, 3.8) is 0 Å². The van der Waals surface area contributed by atoms with Crippen LogP contribution < -0.4 is 32.3 Å². The third kappa shape index (κ3) is 13.6. The van der Waals surface area contributed by atoms with Crippen LogP contribution in [-0.2, 0) is 43.2 Å². The second kappa shape index (κ2) is 18.6. The lowest BCUT2D eigenvalue weighted by molar-refractivity contribution is -0.142. The maximum Gasteiger partial charge on any atom is 0.305 e. The zero-order valence-electron chi connectivity index (χ0n) is 21.7. The molecule has 0 aliphatic heterocycles. The average Bonchev–Trinajstić information content (AvgIpc) is 2.91. The Balaban J connectivity index is 5.66. The molecule has 0 heterocycles. The quantitative estimate of drug-likeness (QED) is 0.0571. The van der Waals surface area contributed by atoms with Crippen LogP contribution in [0.25, 0.3) is 0 Å². The van der Waals surface area contributed by atoms with Crippen molar-refractivity contribution in [2.75, 3.05) is 19.8 Å². The van der Waals surface area contributed by atoms with E-state index < -0.39 is 123 Å². The molecule has 0 aliphatic carbocycles. The van der Waals surface area contributed by atoms with Crippen molar-refractivity contribution in [3.05, 3.63) is 0 Å². The van der Waals surface area contributed by atoms with Crippen LogP contribution in [0.3, 0.4) is 0 Å². The first-order chi connectivity index (χ1) is 19.6. The first kappa shape index (κ1) is 37.3. The van der Waals surface area contributed by atoms with Gasteiger partial charge in [0.25, 0.3) is 0 Å². The number of hydrogen-bond donors (Lipinski definition) is 12. The van der Waals surface area contributed by atoms with E-state index in [2.05, 4.69) is 0 Å². The summed E-state index contributed by atoms with van der Waals surface area (Å²) in [5, 5.41) is 64.4. The van der Waals surface area contributed by atoms with Gasteiger partial charge in [-0.25, -0.2) is 0 Å². The lowest BCUT2D eigenvalue weighted by atomic mass is 10.1. The number of rotatable bonds is 20. The van der Waals surface area contributed by atoms with Crippen molar-refractivity contribution in [1.29, 1.82) is 0 Å². The summed E-state index contributed by atoms with van der Waals surface area (Å²) in [6.45, 7) is -3.15. The molecule has 21 nitrogen and oxygen atoms in total. The Morgan fingerprint density at radius 1 is 0.524 bits per heavy atom. The van der Waals surface area contributed by atoms with E-state index in [0.29, 0.717) is 0 Å². The van der Waals surface area contributed by atoms with Gasteiger partial charge < -0.3 is 67.8 Å². The molecule has 0 spiro atoms. The van der Waals surface area contributed by atoms with Gasteiger partial charge in [-0.3, -0.25) is 38.4 Å². The molecule has 6 atom stereocenters. The fourth-order valence-electron chi connectivity index (χ4n) is 2.94. The number of nitrogens with one attached hydrogen (secondary N) is 5. The van der Waals surface area contributed by atoms with E-state index in [4.69, 9.17) is 26.2 Å². The van der Waals surface area contributed by atoms with Gasteiger partial charge in [0.15, 0.2) is 0 Å². The van der Waals surface area contributed by atoms with E-state index in [0.717, 1.165) is 0 Å². The molecule has 0 saturated heterocycles. The third-order valence-electron chi connectivity index (χ3n) is 5.07. The summed E-state index contributed by atoms with van der Waals surface area (Å²) >= 11 is 0. The lowest BCUT2D eigenvalue weighted by Crippen LogP contribution is -2.60. The minimum atomic E-state index is -2.00. The number of carbonyl (C=O) groups is 9. The Morgan fingerprint density at radius 2 is 0.857 bits per heavy atom. The molecular weight excluding hydrogens is 576 g/mol. The first-order valence-corrected chi connectivity index (χ1v) is 11.8. The molecule has 42 heavy (non-hydrogen) atoms. The predicted octanol–water partition coefficient (Wildman–Crippen LogP) is -7.66. The Hall–Kier alpha value is -4.73. The van der Waals surface area contributed by atoms with Crippen molar-refractivity contribution in [2.45, 2.75) is 55.5 Å². The molecular formula is C21H32N6O15. The molecule has 0 aromatic rings. The fourth-order valence-corrected chi connectivity index (χ4v) is 2.94. The number of aliphatic carboxylic acids is 3. The average molecular weight is 609 g/mol. The highest BCUT2D eigenvalue weighted by molar-refractivity contribution is 5.98. The van der Waals surface area contributed by atoms with Crippen molar-refractivity contribution < 1.29 is 73.8 Å². The minimum Gasteiger partial charge on any atom is -0.481 e. The van der Waals surface area contributed by atoms with Gasteiger partial charge in [0.1, 0.15) is 36.5 Å². The Bertz CT molecular complexity index is 1040. The standard InChI is InChI=1S/C21H32N6O15/c22-9(5-29)17(38)24-10(2-15(34)35)18(39)27-13(7-31)21(42)25-11(3-16(36)37)19(40)26-12(6-30)20(41)23-8(4-28)1-14(32)33/h4,8-13,29-31H,1-3,5-7,22H2,(H,23,41)(H,24,38)(H,25,42)(H,26,40)(H,27,39)(H,32,33)(H,34,35)(H,36,37)/t8-,9-,10-,11-,12-,13-/m0/s1. The Morgan fingerprint density at radius 3 is 1.19 bits per heavy atom. The van der Waals surface area contributed by atoms with Crippen molar-refractivity contribution in [1.82, 2.24) is 26.6 Å². The monoisotopic (exact) mass is 608 g/mol. The predicted molar refractivity (Wildman–Crippen MR) is 132 cm³/mol. The van der Waals surface area contributed by atoms with Crippen LogP contribution in [0.1, 0.15) is 19.3 Å². The van der Waals surface area contributed by atoms with Crippen LogP contribution in [0, 0.1) is 0 Å². The van der Waals surface area contributed by atoms with Gasteiger partial charge in [-0.05, 0) is 0 Å². The molecule has 0 rings (SSSR count). The number of nitrogens with two attached hydrogens (primary N) is 1. The highest BCUT2D eigenvalue weighted by Gasteiger charge is 2.33. The van der Waals surface area contributed by atoms with Crippen LogP contribution >= 0.6 is 0 Å². The van der Waals surface area contributed by atoms with E-state index >= 15 is 0 Å². The van der Waals surface area contributed by atoms with Crippen LogP contribution in [0.15, 0.2) is 0 Å². The number of amides is 5. The summed E-state index contributed by atoms with van der Waals surface area (Å²) in [5.41, 5.74) is 5.30. The van der Waals surface area contributed by atoms with Crippen molar-refractivity contribution >= 4 is 53.7 Å². The number of aliphatic hydroxyl groups excluding tert-OH is 3. The van der Waals surface area contributed by atoms with E-state index in [1.807, 2.05) is 26.6 Å². The minimum absolute atomic E-state index is 0.0759. The molecule has 0 saturated carbocycles. The normalized spacial score (nSPS) is 14.9. The van der Waals surface area contributed by atoms with Crippen LogP contribution in [0.2, 0.25) is 0 Å². The van der Waals surface area contributed by atoms with Gasteiger partial charge in [0.05, 0.1) is 45.1 Å².